The van der Waals surface area contributed by atoms with Crippen molar-refractivity contribution in [1.29, 1.82) is 0 Å². The molecule has 0 unspecified atom stereocenters. The summed E-state index contributed by atoms with van der Waals surface area (Å²) in [5, 5.41) is 5.32. The van der Waals surface area contributed by atoms with Gasteiger partial charge in [0.15, 0.2) is 0 Å². The Hall–Kier alpha value is -2.67. The summed E-state index contributed by atoms with van der Waals surface area (Å²) in [6.45, 7) is 3.93. The molecule has 1 saturated heterocycles. The van der Waals surface area contributed by atoms with Crippen molar-refractivity contribution in [3.8, 4) is 0 Å². The van der Waals surface area contributed by atoms with Gasteiger partial charge in [-0.15, -0.1) is 11.3 Å². The topological polar surface area (TPSA) is 54.3 Å². The Morgan fingerprint density at radius 2 is 1.79 bits per heavy atom. The van der Waals surface area contributed by atoms with Crippen molar-refractivity contribution < 1.29 is 14.0 Å². The van der Waals surface area contributed by atoms with Gasteiger partial charge in [-0.2, -0.15) is 0 Å². The Balaban J connectivity index is 1.26. The van der Waals surface area contributed by atoms with Gasteiger partial charge in [0.25, 0.3) is 5.91 Å². The lowest BCUT2D eigenvalue weighted by molar-refractivity contribution is -0.127. The summed E-state index contributed by atoms with van der Waals surface area (Å²) in [6, 6.07) is 10.7. The van der Waals surface area contributed by atoms with E-state index < -0.39 is 0 Å². The van der Waals surface area contributed by atoms with Crippen LogP contribution in [0.25, 0.3) is 10.2 Å². The first-order valence-electron chi connectivity index (χ1n) is 12.4. The predicted molar refractivity (Wildman–Crippen MR) is 134 cm³/mol. The summed E-state index contributed by atoms with van der Waals surface area (Å²) in [6.07, 6.45) is 6.11. The molecule has 34 heavy (non-hydrogen) atoms. The van der Waals surface area contributed by atoms with Gasteiger partial charge in [-0.3, -0.25) is 9.59 Å². The summed E-state index contributed by atoms with van der Waals surface area (Å²) in [7, 11) is 0. The molecule has 1 N–H and O–H groups in total. The number of amides is 2. The smallest absolute Gasteiger partial charge is 0.270 e. The van der Waals surface area contributed by atoms with E-state index in [9.17, 15) is 14.0 Å². The van der Waals surface area contributed by atoms with Gasteiger partial charge in [-0.25, -0.2) is 4.39 Å². The third-order valence-corrected chi connectivity index (χ3v) is 8.44. The van der Waals surface area contributed by atoms with Crippen LogP contribution in [0.1, 0.15) is 61.5 Å². The lowest BCUT2D eigenvalue weighted by Crippen LogP contribution is -2.47. The van der Waals surface area contributed by atoms with E-state index in [2.05, 4.69) is 12.2 Å². The lowest BCUT2D eigenvalue weighted by Gasteiger charge is -2.34. The highest BCUT2D eigenvalue weighted by molar-refractivity contribution is 7.17. The molecule has 2 atom stereocenters. The molecule has 3 heterocycles. The maximum atomic E-state index is 13.5. The van der Waals surface area contributed by atoms with Crippen molar-refractivity contribution >= 4 is 33.4 Å². The molecule has 1 saturated carbocycles. The molecule has 1 aliphatic carbocycles. The minimum absolute atomic E-state index is 0.00488. The van der Waals surface area contributed by atoms with Gasteiger partial charge in [0.05, 0.1) is 10.2 Å². The molecule has 2 amide bonds. The van der Waals surface area contributed by atoms with Crippen LogP contribution in [0.4, 0.5) is 4.39 Å². The molecule has 3 aromatic rings. The summed E-state index contributed by atoms with van der Waals surface area (Å²) in [4.78, 5) is 28.3. The SMILES string of the molecule is C[C@H]1CCCC[C@H]1NC(=O)C1CCN(C(=O)c2cc3sccc3n2Cc2ccc(F)cc2)CC1. The number of likely N-dealkylation sites (tertiary alicyclic amines) is 1. The zero-order valence-electron chi connectivity index (χ0n) is 19.6. The molecular weight excluding hydrogens is 449 g/mol. The summed E-state index contributed by atoms with van der Waals surface area (Å²) < 4.78 is 16.5. The van der Waals surface area contributed by atoms with Crippen molar-refractivity contribution in [3.63, 3.8) is 0 Å². The molecule has 2 fully saturated rings. The molecule has 7 heteroatoms. The van der Waals surface area contributed by atoms with Crippen LogP contribution >= 0.6 is 11.3 Å². The van der Waals surface area contributed by atoms with Crippen LogP contribution in [-0.2, 0) is 11.3 Å². The summed E-state index contributed by atoms with van der Waals surface area (Å²) in [5.41, 5.74) is 2.63. The average Bonchev–Trinajstić information content (AvgIpc) is 3.44. The number of aromatic nitrogens is 1. The minimum atomic E-state index is -0.266. The molecule has 0 spiro atoms. The van der Waals surface area contributed by atoms with Crippen molar-refractivity contribution in [1.82, 2.24) is 14.8 Å². The van der Waals surface area contributed by atoms with Crippen LogP contribution < -0.4 is 5.32 Å². The molecule has 5 rings (SSSR count). The quantitative estimate of drug-likeness (QED) is 0.528. The van der Waals surface area contributed by atoms with Gasteiger partial charge < -0.3 is 14.8 Å². The fourth-order valence-corrected chi connectivity index (χ4v) is 6.26. The Morgan fingerprint density at radius 3 is 2.53 bits per heavy atom. The number of carbonyl (C=O) groups is 2. The molecule has 0 radical (unpaired) electrons. The Labute approximate surface area is 203 Å². The Kier molecular flexibility index (Phi) is 6.73. The van der Waals surface area contributed by atoms with E-state index in [0.717, 1.165) is 22.2 Å². The van der Waals surface area contributed by atoms with Crippen LogP contribution in [0.5, 0.6) is 0 Å². The van der Waals surface area contributed by atoms with Gasteiger partial charge in [0.1, 0.15) is 11.5 Å². The van der Waals surface area contributed by atoms with E-state index in [0.29, 0.717) is 50.1 Å². The number of fused-ring (bicyclic) bond motifs is 1. The highest BCUT2D eigenvalue weighted by atomic mass is 32.1. The number of benzene rings is 1. The van der Waals surface area contributed by atoms with Crippen molar-refractivity contribution in [2.75, 3.05) is 13.1 Å². The zero-order chi connectivity index (χ0) is 23.7. The molecule has 2 aliphatic rings. The van der Waals surface area contributed by atoms with E-state index in [-0.39, 0.29) is 23.5 Å². The number of thiophene rings is 1. The van der Waals surface area contributed by atoms with E-state index >= 15 is 0 Å². The second-order valence-corrected chi connectivity index (χ2v) is 10.8. The maximum absolute atomic E-state index is 13.5. The molecule has 2 aromatic heterocycles. The average molecular weight is 482 g/mol. The minimum Gasteiger partial charge on any atom is -0.353 e. The molecule has 180 valence electrons. The Bertz CT molecular complexity index is 1160. The molecule has 1 aromatic carbocycles. The zero-order valence-corrected chi connectivity index (χ0v) is 20.5. The molecule has 1 aliphatic heterocycles. The fourth-order valence-electron chi connectivity index (χ4n) is 5.44. The van der Waals surface area contributed by atoms with E-state index in [1.165, 1.54) is 31.4 Å². The molecule has 5 nitrogen and oxygen atoms in total. The van der Waals surface area contributed by atoms with Gasteiger partial charge >= 0.3 is 0 Å². The highest BCUT2D eigenvalue weighted by Gasteiger charge is 2.31. The first-order valence-corrected chi connectivity index (χ1v) is 13.3. The van der Waals surface area contributed by atoms with Crippen LogP contribution in [0, 0.1) is 17.7 Å². The van der Waals surface area contributed by atoms with Gasteiger partial charge in [0, 0.05) is 31.6 Å². The van der Waals surface area contributed by atoms with Crippen molar-refractivity contribution in [2.24, 2.45) is 11.8 Å². The molecular formula is C27H32FN3O2S. The van der Waals surface area contributed by atoms with Crippen LogP contribution in [0.15, 0.2) is 41.8 Å². The second-order valence-electron chi connectivity index (χ2n) is 9.86. The number of rotatable bonds is 5. The van der Waals surface area contributed by atoms with Gasteiger partial charge in [-0.1, -0.05) is 31.9 Å². The number of halogens is 1. The Morgan fingerprint density at radius 1 is 1.06 bits per heavy atom. The van der Waals surface area contributed by atoms with Crippen LogP contribution in [0.3, 0.4) is 0 Å². The van der Waals surface area contributed by atoms with Crippen molar-refractivity contribution in [3.05, 3.63) is 58.9 Å². The lowest BCUT2D eigenvalue weighted by atomic mass is 9.85. The molecule has 0 bridgehead atoms. The number of hydrogen-bond donors (Lipinski definition) is 1. The van der Waals surface area contributed by atoms with E-state index in [4.69, 9.17) is 0 Å². The number of hydrogen-bond acceptors (Lipinski definition) is 3. The third kappa shape index (κ3) is 4.76. The van der Waals surface area contributed by atoms with E-state index in [1.54, 1.807) is 23.5 Å². The number of carbonyl (C=O) groups excluding carboxylic acids is 2. The first kappa shape index (κ1) is 23.1. The largest absolute Gasteiger partial charge is 0.353 e. The summed E-state index contributed by atoms with van der Waals surface area (Å²) >= 11 is 1.62. The first-order chi connectivity index (χ1) is 16.5. The summed E-state index contributed by atoms with van der Waals surface area (Å²) in [5.74, 6) is 0.421. The highest BCUT2D eigenvalue weighted by Crippen LogP contribution is 2.29. The predicted octanol–water partition coefficient (Wildman–Crippen LogP) is 5.44. The van der Waals surface area contributed by atoms with Crippen LogP contribution in [0.2, 0.25) is 0 Å². The third-order valence-electron chi connectivity index (χ3n) is 7.59. The number of nitrogens with one attached hydrogen (secondary N) is 1. The van der Waals surface area contributed by atoms with Crippen molar-refractivity contribution in [2.45, 2.75) is 58.0 Å². The second kappa shape index (κ2) is 9.90. The number of nitrogens with zero attached hydrogens (tertiary/aromatic N) is 2. The van der Waals surface area contributed by atoms with Gasteiger partial charge in [-0.05, 0) is 66.8 Å². The standard InChI is InChI=1S/C27H32FN3O2S/c1-18-4-2-3-5-22(18)29-26(32)20-10-13-30(14-11-20)27(33)24-16-25-23(12-15-34-25)31(24)17-19-6-8-21(28)9-7-19/h6-9,12,15-16,18,20,22H,2-5,10-11,13-14,17H2,1H3,(H,29,32)/t18-,22+/m0/s1. The monoisotopic (exact) mass is 481 g/mol. The van der Waals surface area contributed by atoms with E-state index in [1.807, 2.05) is 27.0 Å². The van der Waals surface area contributed by atoms with Gasteiger partial charge in [0.2, 0.25) is 5.91 Å². The normalized spacial score (nSPS) is 21.6. The maximum Gasteiger partial charge on any atom is 0.270 e. The van der Waals surface area contributed by atoms with Crippen LogP contribution in [-0.4, -0.2) is 40.4 Å². The number of piperidine rings is 1. The fraction of sp³-hybridized carbons (Fsp3) is 0.481.